The number of hydrogen-bond acceptors (Lipinski definition) is 4. The SMILES string of the molecule is CCCNC(=O)[C@H](C)N(Cc1ccc(Cl)c(Cl)c1)C(=O)CN(c1ccccc1)S(=O)(=O)c1ccccc1. The fourth-order valence-corrected chi connectivity index (χ4v) is 5.41. The first-order valence-corrected chi connectivity index (χ1v) is 14.0. The summed E-state index contributed by atoms with van der Waals surface area (Å²) >= 11 is 12.2. The predicted molar refractivity (Wildman–Crippen MR) is 147 cm³/mol. The summed E-state index contributed by atoms with van der Waals surface area (Å²) in [4.78, 5) is 28.0. The Hall–Kier alpha value is -3.07. The number of hydrogen-bond donors (Lipinski definition) is 1. The van der Waals surface area contributed by atoms with Crippen LogP contribution in [0.25, 0.3) is 0 Å². The molecule has 0 fully saturated rings. The fourth-order valence-electron chi connectivity index (χ4n) is 3.66. The Kier molecular flexibility index (Phi) is 9.97. The summed E-state index contributed by atoms with van der Waals surface area (Å²) in [6.07, 6.45) is 0.732. The van der Waals surface area contributed by atoms with Crippen molar-refractivity contribution in [3.63, 3.8) is 0 Å². The molecule has 37 heavy (non-hydrogen) atoms. The molecule has 7 nitrogen and oxygen atoms in total. The highest BCUT2D eigenvalue weighted by Gasteiger charge is 2.32. The molecule has 3 rings (SSSR count). The molecule has 0 bridgehead atoms. The highest BCUT2D eigenvalue weighted by atomic mass is 35.5. The standard InChI is InChI=1S/C27H29Cl2N3O4S/c1-3-16-30-27(34)20(2)31(18-21-14-15-24(28)25(29)17-21)26(33)19-32(22-10-6-4-7-11-22)37(35,36)23-12-8-5-9-13-23/h4-15,17,20H,3,16,18-19H2,1-2H3,(H,30,34)/t20-/m0/s1. The van der Waals surface area contributed by atoms with Gasteiger partial charge in [-0.05, 0) is 55.3 Å². The van der Waals surface area contributed by atoms with E-state index in [4.69, 9.17) is 23.2 Å². The average Bonchev–Trinajstić information content (AvgIpc) is 2.91. The van der Waals surface area contributed by atoms with Gasteiger partial charge in [0, 0.05) is 13.1 Å². The van der Waals surface area contributed by atoms with Crippen molar-refractivity contribution < 1.29 is 18.0 Å². The highest BCUT2D eigenvalue weighted by Crippen LogP contribution is 2.26. The van der Waals surface area contributed by atoms with Gasteiger partial charge in [0.15, 0.2) is 0 Å². The van der Waals surface area contributed by atoms with Gasteiger partial charge < -0.3 is 10.2 Å². The first-order chi connectivity index (χ1) is 17.6. The minimum atomic E-state index is -4.08. The summed E-state index contributed by atoms with van der Waals surface area (Å²) in [5, 5.41) is 3.48. The molecular weight excluding hydrogens is 533 g/mol. The number of nitrogens with one attached hydrogen (secondary N) is 1. The second kappa shape index (κ2) is 12.9. The minimum absolute atomic E-state index is 0.0322. The Bertz CT molecular complexity index is 1320. The van der Waals surface area contributed by atoms with E-state index in [-0.39, 0.29) is 17.3 Å². The summed E-state index contributed by atoms with van der Waals surface area (Å²) in [6, 6.07) is 20.4. The van der Waals surface area contributed by atoms with Crippen molar-refractivity contribution in [1.82, 2.24) is 10.2 Å². The first-order valence-electron chi connectivity index (χ1n) is 11.8. The maximum Gasteiger partial charge on any atom is 0.264 e. The molecule has 0 spiro atoms. The van der Waals surface area contributed by atoms with Crippen LogP contribution in [0.3, 0.4) is 0 Å². The molecule has 0 aliphatic carbocycles. The number of benzene rings is 3. The third-order valence-corrected chi connectivity index (χ3v) is 8.23. The van der Waals surface area contributed by atoms with Gasteiger partial charge in [0.05, 0.1) is 20.6 Å². The highest BCUT2D eigenvalue weighted by molar-refractivity contribution is 7.92. The van der Waals surface area contributed by atoms with E-state index in [0.717, 1.165) is 10.7 Å². The van der Waals surface area contributed by atoms with Gasteiger partial charge in [-0.1, -0.05) is 72.6 Å². The van der Waals surface area contributed by atoms with Gasteiger partial charge in [-0.3, -0.25) is 13.9 Å². The smallest absolute Gasteiger partial charge is 0.264 e. The van der Waals surface area contributed by atoms with Gasteiger partial charge in [-0.2, -0.15) is 0 Å². The Balaban J connectivity index is 1.99. The molecule has 3 aromatic rings. The molecular formula is C27H29Cl2N3O4S. The lowest BCUT2D eigenvalue weighted by atomic mass is 10.1. The van der Waals surface area contributed by atoms with Crippen LogP contribution in [0, 0.1) is 0 Å². The third-order valence-electron chi connectivity index (χ3n) is 5.71. The van der Waals surface area contributed by atoms with Crippen LogP contribution >= 0.6 is 23.2 Å². The summed E-state index contributed by atoms with van der Waals surface area (Å²) in [7, 11) is -4.08. The van der Waals surface area contributed by atoms with E-state index >= 15 is 0 Å². The third kappa shape index (κ3) is 7.25. The van der Waals surface area contributed by atoms with Crippen molar-refractivity contribution in [3.8, 4) is 0 Å². The summed E-state index contributed by atoms with van der Waals surface area (Å²) in [5.41, 5.74) is 0.979. The second-order valence-corrected chi connectivity index (χ2v) is 11.1. The van der Waals surface area contributed by atoms with Gasteiger partial charge in [0.25, 0.3) is 10.0 Å². The lowest BCUT2D eigenvalue weighted by Crippen LogP contribution is -2.51. The van der Waals surface area contributed by atoms with Crippen LogP contribution in [0.15, 0.2) is 83.8 Å². The van der Waals surface area contributed by atoms with Crippen molar-refractivity contribution in [2.45, 2.75) is 37.8 Å². The van der Waals surface area contributed by atoms with E-state index in [2.05, 4.69) is 5.32 Å². The van der Waals surface area contributed by atoms with Gasteiger partial charge >= 0.3 is 0 Å². The molecule has 0 aliphatic heterocycles. The van der Waals surface area contributed by atoms with Crippen molar-refractivity contribution in [3.05, 3.63) is 94.5 Å². The Morgan fingerprint density at radius 1 is 0.919 bits per heavy atom. The van der Waals surface area contributed by atoms with Crippen LogP contribution in [0.4, 0.5) is 5.69 Å². The van der Waals surface area contributed by atoms with E-state index in [9.17, 15) is 18.0 Å². The zero-order chi connectivity index (χ0) is 27.0. The monoisotopic (exact) mass is 561 g/mol. The lowest BCUT2D eigenvalue weighted by Gasteiger charge is -2.32. The Morgan fingerprint density at radius 3 is 2.14 bits per heavy atom. The lowest BCUT2D eigenvalue weighted by molar-refractivity contribution is -0.139. The molecule has 2 amide bonds. The summed E-state index contributed by atoms with van der Waals surface area (Å²) in [6.45, 7) is 3.52. The van der Waals surface area contributed by atoms with Gasteiger partial charge in [-0.15, -0.1) is 0 Å². The quantitative estimate of drug-likeness (QED) is 0.351. The van der Waals surface area contributed by atoms with Crippen LogP contribution in [0.5, 0.6) is 0 Å². The molecule has 0 saturated carbocycles. The Morgan fingerprint density at radius 2 is 1.54 bits per heavy atom. The van der Waals surface area contributed by atoms with E-state index < -0.39 is 28.5 Å². The van der Waals surface area contributed by atoms with E-state index in [0.29, 0.717) is 27.8 Å². The number of carbonyl (C=O) groups is 2. The van der Waals surface area contributed by atoms with Gasteiger partial charge in [-0.25, -0.2) is 8.42 Å². The molecule has 0 aromatic heterocycles. The number of amides is 2. The normalized spacial score (nSPS) is 12.0. The molecule has 0 unspecified atom stereocenters. The molecule has 0 aliphatic rings. The number of para-hydroxylation sites is 1. The summed E-state index contributed by atoms with van der Waals surface area (Å²) < 4.78 is 28.3. The van der Waals surface area contributed by atoms with Gasteiger partial charge in [0.1, 0.15) is 12.6 Å². The van der Waals surface area contributed by atoms with Crippen LogP contribution in [-0.2, 0) is 26.2 Å². The van der Waals surface area contributed by atoms with E-state index in [1.54, 1.807) is 73.7 Å². The molecule has 10 heteroatoms. The number of nitrogens with zero attached hydrogens (tertiary/aromatic N) is 2. The number of sulfonamides is 1. The maximum absolute atomic E-state index is 13.8. The molecule has 196 valence electrons. The van der Waals surface area contributed by atoms with Gasteiger partial charge in [0.2, 0.25) is 11.8 Å². The predicted octanol–water partition coefficient (Wildman–Crippen LogP) is 5.13. The van der Waals surface area contributed by atoms with Crippen LogP contribution in [-0.4, -0.2) is 44.3 Å². The average molecular weight is 563 g/mol. The van der Waals surface area contributed by atoms with E-state index in [1.807, 2.05) is 6.92 Å². The van der Waals surface area contributed by atoms with Crippen molar-refractivity contribution >= 4 is 50.7 Å². The number of rotatable bonds is 11. The molecule has 0 radical (unpaired) electrons. The minimum Gasteiger partial charge on any atom is -0.354 e. The zero-order valence-corrected chi connectivity index (χ0v) is 22.9. The second-order valence-electron chi connectivity index (χ2n) is 8.40. The molecule has 1 atom stereocenters. The topological polar surface area (TPSA) is 86.8 Å². The molecule has 1 N–H and O–H groups in total. The van der Waals surface area contributed by atoms with Crippen molar-refractivity contribution in [2.24, 2.45) is 0 Å². The number of carbonyl (C=O) groups excluding carboxylic acids is 2. The van der Waals surface area contributed by atoms with Crippen LogP contribution < -0.4 is 9.62 Å². The number of halogens is 2. The van der Waals surface area contributed by atoms with Crippen LogP contribution in [0.2, 0.25) is 10.0 Å². The molecule has 0 heterocycles. The summed E-state index contributed by atoms with van der Waals surface area (Å²) in [5.74, 6) is -0.888. The maximum atomic E-state index is 13.8. The number of anilines is 1. The first kappa shape index (κ1) is 28.5. The largest absolute Gasteiger partial charge is 0.354 e. The van der Waals surface area contributed by atoms with Crippen molar-refractivity contribution in [1.29, 1.82) is 0 Å². The zero-order valence-electron chi connectivity index (χ0n) is 20.6. The fraction of sp³-hybridized carbons (Fsp3) is 0.259. The Labute approximate surface area is 228 Å². The molecule has 0 saturated heterocycles. The van der Waals surface area contributed by atoms with Crippen LogP contribution in [0.1, 0.15) is 25.8 Å². The van der Waals surface area contributed by atoms with Crippen molar-refractivity contribution in [2.75, 3.05) is 17.4 Å². The van der Waals surface area contributed by atoms with E-state index in [1.165, 1.54) is 17.0 Å². The molecule has 3 aromatic carbocycles.